The van der Waals surface area contributed by atoms with Crippen molar-refractivity contribution in [2.24, 2.45) is 0 Å². The normalized spacial score (nSPS) is 10.1. The fourth-order valence-electron chi connectivity index (χ4n) is 1.70. The van der Waals surface area contributed by atoms with Gasteiger partial charge in [-0.05, 0) is 26.0 Å². The van der Waals surface area contributed by atoms with Crippen molar-refractivity contribution in [2.45, 2.75) is 13.8 Å². The van der Waals surface area contributed by atoms with Crippen LogP contribution >= 0.6 is 11.3 Å². The van der Waals surface area contributed by atoms with E-state index in [1.807, 2.05) is 13.8 Å². The minimum atomic E-state index is -0.351. The van der Waals surface area contributed by atoms with Gasteiger partial charge in [0, 0.05) is 16.6 Å². The molecule has 0 aliphatic rings. The lowest BCUT2D eigenvalue weighted by atomic mass is 10.3. The maximum absolute atomic E-state index is 11.9. The molecule has 0 spiro atoms. The summed E-state index contributed by atoms with van der Waals surface area (Å²) in [6, 6.07) is 4.80. The summed E-state index contributed by atoms with van der Waals surface area (Å²) in [6.45, 7) is 3.87. The molecule has 0 saturated heterocycles. The Balaban J connectivity index is 2.05. The number of methoxy groups -OCH3 is 2. The average Bonchev–Trinajstić information content (AvgIpc) is 2.76. The first-order valence-electron chi connectivity index (χ1n) is 6.27. The third kappa shape index (κ3) is 3.63. The number of carbonyl (C=O) groups excluding carboxylic acids is 1. The Bertz CT molecular complexity index is 635. The summed E-state index contributed by atoms with van der Waals surface area (Å²) in [5.41, 5.74) is 1.52. The summed E-state index contributed by atoms with van der Waals surface area (Å²) in [6.07, 6.45) is 0. The molecule has 2 aromatic rings. The van der Waals surface area contributed by atoms with E-state index in [9.17, 15) is 4.79 Å². The van der Waals surface area contributed by atoms with Crippen LogP contribution in [0.5, 0.6) is 11.5 Å². The Morgan fingerprint density at radius 2 is 1.86 bits per heavy atom. The van der Waals surface area contributed by atoms with E-state index in [2.05, 4.69) is 15.6 Å². The number of hydrogen-bond acceptors (Lipinski definition) is 5. The van der Waals surface area contributed by atoms with Crippen LogP contribution in [0.4, 0.5) is 15.6 Å². The van der Waals surface area contributed by atoms with Gasteiger partial charge in [-0.3, -0.25) is 5.32 Å². The maximum atomic E-state index is 11.9. The van der Waals surface area contributed by atoms with Gasteiger partial charge in [0.25, 0.3) is 0 Å². The van der Waals surface area contributed by atoms with Gasteiger partial charge < -0.3 is 14.8 Å². The fourth-order valence-corrected chi connectivity index (χ4v) is 2.51. The van der Waals surface area contributed by atoms with Gasteiger partial charge in [-0.25, -0.2) is 9.78 Å². The predicted molar refractivity (Wildman–Crippen MR) is 83.8 cm³/mol. The maximum Gasteiger partial charge on any atom is 0.325 e. The van der Waals surface area contributed by atoms with Gasteiger partial charge in [0.15, 0.2) is 16.6 Å². The van der Waals surface area contributed by atoms with Gasteiger partial charge in [-0.1, -0.05) is 0 Å². The number of aryl methyl sites for hydroxylation is 2. The first-order valence-corrected chi connectivity index (χ1v) is 7.09. The topological polar surface area (TPSA) is 72.5 Å². The molecule has 0 unspecified atom stereocenters. The number of nitrogens with zero attached hydrogens (tertiary/aromatic N) is 1. The van der Waals surface area contributed by atoms with Crippen LogP contribution in [0.1, 0.15) is 10.6 Å². The first-order chi connectivity index (χ1) is 10.0. The minimum Gasteiger partial charge on any atom is -0.493 e. The molecule has 0 aliphatic carbocycles. The second-order valence-corrected chi connectivity index (χ2v) is 5.51. The van der Waals surface area contributed by atoms with Gasteiger partial charge in [0.05, 0.1) is 19.9 Å². The third-order valence-corrected chi connectivity index (χ3v) is 3.88. The monoisotopic (exact) mass is 307 g/mol. The van der Waals surface area contributed by atoms with E-state index in [4.69, 9.17) is 9.47 Å². The zero-order valence-electron chi connectivity index (χ0n) is 12.3. The Hall–Kier alpha value is -2.28. The largest absolute Gasteiger partial charge is 0.493 e. The molecular formula is C14H17N3O3S. The molecular weight excluding hydrogens is 290 g/mol. The number of nitrogens with one attached hydrogen (secondary N) is 2. The molecule has 2 N–H and O–H groups in total. The van der Waals surface area contributed by atoms with Crippen molar-refractivity contribution in [3.05, 3.63) is 28.8 Å². The molecule has 0 atom stereocenters. The van der Waals surface area contributed by atoms with Gasteiger partial charge in [0.1, 0.15) is 0 Å². The fraction of sp³-hybridized carbons (Fsp3) is 0.286. The lowest BCUT2D eigenvalue weighted by molar-refractivity contribution is 0.262. The number of thiazole rings is 1. The van der Waals surface area contributed by atoms with Crippen molar-refractivity contribution in [3.63, 3.8) is 0 Å². The number of aromatic nitrogens is 1. The number of carbonyl (C=O) groups is 1. The van der Waals surface area contributed by atoms with Crippen LogP contribution in [-0.2, 0) is 0 Å². The molecule has 1 aromatic carbocycles. The highest BCUT2D eigenvalue weighted by Gasteiger charge is 2.10. The lowest BCUT2D eigenvalue weighted by Gasteiger charge is -2.10. The van der Waals surface area contributed by atoms with Gasteiger partial charge in [-0.2, -0.15) is 0 Å². The average molecular weight is 307 g/mol. The van der Waals surface area contributed by atoms with Crippen molar-refractivity contribution in [3.8, 4) is 11.5 Å². The Kier molecular flexibility index (Phi) is 4.64. The van der Waals surface area contributed by atoms with Gasteiger partial charge in [0.2, 0.25) is 0 Å². The minimum absolute atomic E-state index is 0.351. The van der Waals surface area contributed by atoms with Crippen LogP contribution in [0.2, 0.25) is 0 Å². The van der Waals surface area contributed by atoms with Gasteiger partial charge >= 0.3 is 6.03 Å². The molecule has 112 valence electrons. The van der Waals surface area contributed by atoms with Crippen LogP contribution in [0.3, 0.4) is 0 Å². The van der Waals surface area contributed by atoms with Crippen molar-refractivity contribution in [2.75, 3.05) is 24.9 Å². The van der Waals surface area contributed by atoms with Crippen LogP contribution in [0, 0.1) is 13.8 Å². The highest BCUT2D eigenvalue weighted by molar-refractivity contribution is 7.15. The number of benzene rings is 1. The Morgan fingerprint density at radius 3 is 2.43 bits per heavy atom. The predicted octanol–water partition coefficient (Wildman–Crippen LogP) is 3.42. The second kappa shape index (κ2) is 6.45. The van der Waals surface area contributed by atoms with Crippen LogP contribution in [0.15, 0.2) is 18.2 Å². The Morgan fingerprint density at radius 1 is 1.14 bits per heavy atom. The highest BCUT2D eigenvalue weighted by Crippen LogP contribution is 2.29. The van der Waals surface area contributed by atoms with E-state index >= 15 is 0 Å². The number of rotatable bonds is 4. The quantitative estimate of drug-likeness (QED) is 0.907. The third-order valence-electron chi connectivity index (χ3n) is 2.89. The van der Waals surface area contributed by atoms with Crippen LogP contribution in [0.25, 0.3) is 0 Å². The molecule has 2 amide bonds. The number of anilines is 2. The lowest BCUT2D eigenvalue weighted by Crippen LogP contribution is -2.19. The van der Waals surface area contributed by atoms with Gasteiger partial charge in [-0.15, -0.1) is 11.3 Å². The van der Waals surface area contributed by atoms with E-state index in [0.29, 0.717) is 22.3 Å². The van der Waals surface area contributed by atoms with Crippen molar-refractivity contribution in [1.29, 1.82) is 0 Å². The smallest absolute Gasteiger partial charge is 0.325 e. The Labute approximate surface area is 127 Å². The molecule has 0 bridgehead atoms. The van der Waals surface area contributed by atoms with E-state index in [0.717, 1.165) is 10.6 Å². The summed E-state index contributed by atoms with van der Waals surface area (Å²) in [7, 11) is 3.10. The highest BCUT2D eigenvalue weighted by atomic mass is 32.1. The number of hydrogen-bond donors (Lipinski definition) is 2. The van der Waals surface area contributed by atoms with Crippen molar-refractivity contribution in [1.82, 2.24) is 4.98 Å². The molecule has 0 saturated carbocycles. The number of amides is 2. The van der Waals surface area contributed by atoms with E-state index in [1.54, 1.807) is 32.4 Å². The molecule has 1 heterocycles. The van der Waals surface area contributed by atoms with Crippen molar-refractivity contribution < 1.29 is 14.3 Å². The SMILES string of the molecule is COc1ccc(NC(=O)Nc2nc(C)c(C)s2)cc1OC. The first kappa shape index (κ1) is 15.1. The van der Waals surface area contributed by atoms with E-state index < -0.39 is 0 Å². The molecule has 21 heavy (non-hydrogen) atoms. The molecule has 0 fully saturated rings. The summed E-state index contributed by atoms with van der Waals surface area (Å²) < 4.78 is 10.3. The van der Waals surface area contributed by atoms with E-state index in [1.165, 1.54) is 11.3 Å². The summed E-state index contributed by atoms with van der Waals surface area (Å²) >= 11 is 1.44. The molecule has 0 radical (unpaired) electrons. The molecule has 6 nitrogen and oxygen atoms in total. The molecule has 2 rings (SSSR count). The van der Waals surface area contributed by atoms with Crippen LogP contribution in [-0.4, -0.2) is 25.2 Å². The summed E-state index contributed by atoms with van der Waals surface area (Å²) in [5.74, 6) is 1.16. The molecule has 0 aliphatic heterocycles. The summed E-state index contributed by atoms with van der Waals surface area (Å²) in [4.78, 5) is 17.3. The number of ether oxygens (including phenoxy) is 2. The standard InChI is InChI=1S/C14H17N3O3S/c1-8-9(2)21-14(15-8)17-13(18)16-10-5-6-11(19-3)12(7-10)20-4/h5-7H,1-4H3,(H2,15,16,17,18). The molecule has 1 aromatic heterocycles. The molecule has 7 heteroatoms. The zero-order chi connectivity index (χ0) is 15.4. The number of urea groups is 1. The van der Waals surface area contributed by atoms with Crippen molar-refractivity contribution >= 4 is 28.2 Å². The summed E-state index contributed by atoms with van der Waals surface area (Å²) in [5, 5.41) is 6.00. The van der Waals surface area contributed by atoms with Crippen LogP contribution < -0.4 is 20.1 Å². The second-order valence-electron chi connectivity index (χ2n) is 4.31. The zero-order valence-corrected chi connectivity index (χ0v) is 13.1. The van der Waals surface area contributed by atoms with E-state index in [-0.39, 0.29) is 6.03 Å².